The number of carbonyl (C=O) groups excluding carboxylic acids is 1. The van der Waals surface area contributed by atoms with Crippen molar-refractivity contribution in [1.82, 2.24) is 9.80 Å². The fourth-order valence-corrected chi connectivity index (χ4v) is 3.79. The number of hydrogen-bond donors (Lipinski definition) is 0. The van der Waals surface area contributed by atoms with Crippen LogP contribution >= 0.6 is 11.8 Å². The molecule has 5 heteroatoms. The topological polar surface area (TPSA) is 23.6 Å². The Morgan fingerprint density at radius 2 is 1.80 bits per heavy atom. The Morgan fingerprint density at radius 1 is 1.08 bits per heavy atom. The van der Waals surface area contributed by atoms with E-state index in [1.54, 1.807) is 12.1 Å². The first-order chi connectivity index (χ1) is 12.1. The summed E-state index contributed by atoms with van der Waals surface area (Å²) in [5.74, 6) is 0.314. The van der Waals surface area contributed by atoms with Gasteiger partial charge in [-0.2, -0.15) is 0 Å². The molecule has 1 amide bonds. The molecule has 0 unspecified atom stereocenters. The summed E-state index contributed by atoms with van der Waals surface area (Å²) in [4.78, 5) is 17.6. The van der Waals surface area contributed by atoms with E-state index in [0.717, 1.165) is 37.6 Å². The fourth-order valence-electron chi connectivity index (χ4n) is 2.99. The summed E-state index contributed by atoms with van der Waals surface area (Å²) in [5, 5.41) is 0. The van der Waals surface area contributed by atoms with E-state index in [4.69, 9.17) is 0 Å². The molecule has 132 valence electrons. The van der Waals surface area contributed by atoms with Gasteiger partial charge in [-0.25, -0.2) is 4.39 Å². The summed E-state index contributed by atoms with van der Waals surface area (Å²) < 4.78 is 12.9. The predicted molar refractivity (Wildman–Crippen MR) is 100 cm³/mol. The van der Waals surface area contributed by atoms with Crippen LogP contribution < -0.4 is 0 Å². The van der Waals surface area contributed by atoms with Crippen LogP contribution in [0.4, 0.5) is 4.39 Å². The minimum atomic E-state index is -0.250. The quantitative estimate of drug-likeness (QED) is 0.764. The molecule has 0 saturated carbocycles. The van der Waals surface area contributed by atoms with Gasteiger partial charge < -0.3 is 4.90 Å². The van der Waals surface area contributed by atoms with Crippen molar-refractivity contribution in [3.8, 4) is 0 Å². The smallest absolute Gasteiger partial charge is 0.233 e. The van der Waals surface area contributed by atoms with Gasteiger partial charge in [0.25, 0.3) is 0 Å². The van der Waals surface area contributed by atoms with Gasteiger partial charge in [0.05, 0.1) is 5.75 Å². The van der Waals surface area contributed by atoms with Gasteiger partial charge >= 0.3 is 0 Å². The van der Waals surface area contributed by atoms with Crippen molar-refractivity contribution in [2.45, 2.75) is 18.4 Å². The van der Waals surface area contributed by atoms with Gasteiger partial charge in [0.1, 0.15) is 5.82 Å². The van der Waals surface area contributed by atoms with Crippen molar-refractivity contribution in [3.63, 3.8) is 0 Å². The number of rotatable bonds is 5. The Bertz CT molecular complexity index is 712. The zero-order valence-electron chi connectivity index (χ0n) is 14.5. The molecule has 2 aromatic carbocycles. The molecule has 3 rings (SSSR count). The van der Waals surface area contributed by atoms with E-state index in [0.29, 0.717) is 5.75 Å². The van der Waals surface area contributed by atoms with Crippen LogP contribution in [0.2, 0.25) is 0 Å². The van der Waals surface area contributed by atoms with E-state index in [1.165, 1.54) is 35.0 Å². The van der Waals surface area contributed by atoms with Crippen molar-refractivity contribution < 1.29 is 9.18 Å². The third kappa shape index (κ3) is 5.31. The lowest BCUT2D eigenvalue weighted by Gasteiger charge is -2.34. The summed E-state index contributed by atoms with van der Waals surface area (Å²) in [7, 11) is 0. The number of aryl methyl sites for hydroxylation is 1. The highest BCUT2D eigenvalue weighted by atomic mass is 32.2. The molecule has 25 heavy (non-hydrogen) atoms. The number of amides is 1. The van der Waals surface area contributed by atoms with Gasteiger partial charge in [0.2, 0.25) is 5.91 Å². The average Bonchev–Trinajstić information content (AvgIpc) is 2.62. The molecule has 0 aliphatic carbocycles. The number of thioether (sulfide) groups is 1. The molecule has 0 spiro atoms. The van der Waals surface area contributed by atoms with Gasteiger partial charge in [-0.3, -0.25) is 9.69 Å². The largest absolute Gasteiger partial charge is 0.339 e. The van der Waals surface area contributed by atoms with Crippen molar-refractivity contribution in [2.75, 3.05) is 31.9 Å². The van der Waals surface area contributed by atoms with E-state index in [-0.39, 0.29) is 11.7 Å². The van der Waals surface area contributed by atoms with Crippen LogP contribution in [0.1, 0.15) is 11.1 Å². The molecular weight excluding hydrogens is 335 g/mol. The molecule has 1 heterocycles. The average molecular weight is 358 g/mol. The first-order valence-electron chi connectivity index (χ1n) is 8.54. The monoisotopic (exact) mass is 358 g/mol. The Labute approximate surface area is 152 Å². The predicted octanol–water partition coefficient (Wildman–Crippen LogP) is 3.57. The molecule has 1 fully saturated rings. The van der Waals surface area contributed by atoms with Gasteiger partial charge in [-0.1, -0.05) is 29.8 Å². The van der Waals surface area contributed by atoms with E-state index in [1.807, 2.05) is 4.90 Å². The second kappa shape index (κ2) is 8.50. The van der Waals surface area contributed by atoms with Crippen LogP contribution in [0.5, 0.6) is 0 Å². The van der Waals surface area contributed by atoms with Crippen LogP contribution in [0.15, 0.2) is 53.4 Å². The molecule has 1 aliphatic heterocycles. The van der Waals surface area contributed by atoms with E-state index in [2.05, 4.69) is 36.1 Å². The number of halogens is 1. The number of carbonyl (C=O) groups is 1. The van der Waals surface area contributed by atoms with Crippen molar-refractivity contribution in [2.24, 2.45) is 0 Å². The fraction of sp³-hybridized carbons (Fsp3) is 0.350. The summed E-state index contributed by atoms with van der Waals surface area (Å²) in [6.07, 6.45) is 0. The maximum absolute atomic E-state index is 12.9. The minimum absolute atomic E-state index is 0.157. The first-order valence-corrected chi connectivity index (χ1v) is 9.53. The van der Waals surface area contributed by atoms with Crippen LogP contribution in [-0.2, 0) is 11.3 Å². The summed E-state index contributed by atoms with van der Waals surface area (Å²) >= 11 is 1.46. The van der Waals surface area contributed by atoms with Crippen molar-refractivity contribution >= 4 is 17.7 Å². The van der Waals surface area contributed by atoms with E-state index >= 15 is 0 Å². The number of nitrogens with zero attached hydrogens (tertiary/aromatic N) is 2. The lowest BCUT2D eigenvalue weighted by atomic mass is 10.1. The molecular formula is C20H23FN2OS. The van der Waals surface area contributed by atoms with Gasteiger partial charge in [-0.05, 0) is 36.8 Å². The number of benzene rings is 2. The summed E-state index contributed by atoms with van der Waals surface area (Å²) in [6, 6.07) is 14.9. The zero-order valence-corrected chi connectivity index (χ0v) is 15.3. The molecule has 1 saturated heterocycles. The number of piperazine rings is 1. The van der Waals surface area contributed by atoms with Crippen LogP contribution in [0.3, 0.4) is 0 Å². The third-order valence-corrected chi connectivity index (χ3v) is 5.39. The molecule has 1 aliphatic rings. The number of hydrogen-bond acceptors (Lipinski definition) is 3. The standard InChI is InChI=1S/C20H23FN2OS/c1-16-3-2-4-17(13-16)14-22-9-11-23(12-10-22)20(24)15-25-19-7-5-18(21)6-8-19/h2-8,13H,9-12,14-15H2,1H3. The molecule has 3 nitrogen and oxygen atoms in total. The first kappa shape index (κ1) is 18.0. The third-order valence-electron chi connectivity index (χ3n) is 4.39. The minimum Gasteiger partial charge on any atom is -0.339 e. The Balaban J connectivity index is 1.43. The van der Waals surface area contributed by atoms with E-state index in [9.17, 15) is 9.18 Å². The lowest BCUT2D eigenvalue weighted by Crippen LogP contribution is -2.48. The van der Waals surface area contributed by atoms with Gasteiger partial charge in [0, 0.05) is 37.6 Å². The normalized spacial score (nSPS) is 15.4. The molecule has 0 atom stereocenters. The Morgan fingerprint density at radius 3 is 2.48 bits per heavy atom. The van der Waals surface area contributed by atoms with Gasteiger partial charge in [0.15, 0.2) is 0 Å². The van der Waals surface area contributed by atoms with Gasteiger partial charge in [-0.15, -0.1) is 11.8 Å². The van der Waals surface area contributed by atoms with Crippen LogP contribution in [0.25, 0.3) is 0 Å². The Hall–Kier alpha value is -1.85. The Kier molecular flexibility index (Phi) is 6.10. The molecule has 0 bridgehead atoms. The van der Waals surface area contributed by atoms with Crippen molar-refractivity contribution in [3.05, 3.63) is 65.5 Å². The molecule has 0 N–H and O–H groups in total. The lowest BCUT2D eigenvalue weighted by molar-refractivity contribution is -0.130. The van der Waals surface area contributed by atoms with Crippen molar-refractivity contribution in [1.29, 1.82) is 0 Å². The maximum atomic E-state index is 12.9. The van der Waals surface area contributed by atoms with E-state index < -0.39 is 0 Å². The second-order valence-electron chi connectivity index (χ2n) is 6.39. The second-order valence-corrected chi connectivity index (χ2v) is 7.44. The summed E-state index contributed by atoms with van der Waals surface area (Å²) in [6.45, 7) is 6.40. The highest BCUT2D eigenvalue weighted by molar-refractivity contribution is 8.00. The van der Waals surface area contributed by atoms with Crippen LogP contribution in [0, 0.1) is 12.7 Å². The maximum Gasteiger partial charge on any atom is 0.233 e. The van der Waals surface area contributed by atoms with Crippen LogP contribution in [-0.4, -0.2) is 47.6 Å². The highest BCUT2D eigenvalue weighted by Crippen LogP contribution is 2.19. The SMILES string of the molecule is Cc1cccc(CN2CCN(C(=O)CSc3ccc(F)cc3)CC2)c1. The molecule has 0 radical (unpaired) electrons. The molecule has 2 aromatic rings. The highest BCUT2D eigenvalue weighted by Gasteiger charge is 2.21. The molecule has 0 aromatic heterocycles. The summed E-state index contributed by atoms with van der Waals surface area (Å²) in [5.41, 5.74) is 2.61. The zero-order chi connectivity index (χ0) is 17.6.